The molecule has 0 radical (unpaired) electrons. The molecule has 0 aliphatic heterocycles. The van der Waals surface area contributed by atoms with Crippen LogP contribution in [0.15, 0.2) is 42.5 Å². The molecule has 0 fully saturated rings. The minimum Gasteiger partial charge on any atom is -0.497 e. The summed E-state index contributed by atoms with van der Waals surface area (Å²) in [4.78, 5) is 33.9. The second-order valence-corrected chi connectivity index (χ2v) is 5.74. The summed E-state index contributed by atoms with van der Waals surface area (Å²) in [5.41, 5.74) is 0.623. The van der Waals surface area contributed by atoms with Crippen molar-refractivity contribution in [3.63, 3.8) is 0 Å². The standard InChI is InChI=1S/C19H20N2O7/c1-13-3-4-14(11-17(13)21(24)25)20-18(22)12-28-19(23)9-10-27-16-7-5-15(26-2)6-8-16/h3-8,11H,9-10,12H2,1-2H3,(H,20,22). The maximum atomic E-state index is 11.8. The van der Waals surface area contributed by atoms with Crippen LogP contribution in [0.5, 0.6) is 11.5 Å². The van der Waals surface area contributed by atoms with E-state index in [-0.39, 0.29) is 24.4 Å². The predicted molar refractivity (Wildman–Crippen MR) is 101 cm³/mol. The number of hydrogen-bond donors (Lipinski definition) is 1. The number of nitro benzene ring substituents is 1. The first-order valence-corrected chi connectivity index (χ1v) is 8.36. The maximum Gasteiger partial charge on any atom is 0.309 e. The summed E-state index contributed by atoms with van der Waals surface area (Å²) >= 11 is 0. The van der Waals surface area contributed by atoms with Gasteiger partial charge in [-0.15, -0.1) is 0 Å². The monoisotopic (exact) mass is 388 g/mol. The van der Waals surface area contributed by atoms with Gasteiger partial charge in [0.15, 0.2) is 6.61 Å². The van der Waals surface area contributed by atoms with E-state index in [0.29, 0.717) is 17.1 Å². The number of ether oxygens (including phenoxy) is 3. The molecule has 28 heavy (non-hydrogen) atoms. The first kappa shape index (κ1) is 20.7. The van der Waals surface area contributed by atoms with Crippen molar-refractivity contribution in [1.29, 1.82) is 0 Å². The largest absolute Gasteiger partial charge is 0.497 e. The van der Waals surface area contributed by atoms with Gasteiger partial charge in [0, 0.05) is 17.3 Å². The van der Waals surface area contributed by atoms with Crippen molar-refractivity contribution >= 4 is 23.3 Å². The molecule has 0 unspecified atom stereocenters. The number of nitrogens with one attached hydrogen (secondary N) is 1. The van der Waals surface area contributed by atoms with Crippen molar-refractivity contribution in [3.8, 4) is 11.5 Å². The van der Waals surface area contributed by atoms with E-state index in [0.717, 1.165) is 0 Å². The van der Waals surface area contributed by atoms with Gasteiger partial charge in [-0.2, -0.15) is 0 Å². The summed E-state index contributed by atoms with van der Waals surface area (Å²) in [5.74, 6) is 0.0742. The highest BCUT2D eigenvalue weighted by Crippen LogP contribution is 2.22. The van der Waals surface area contributed by atoms with E-state index >= 15 is 0 Å². The molecule has 9 heteroatoms. The Morgan fingerprint density at radius 3 is 2.43 bits per heavy atom. The number of methoxy groups -OCH3 is 1. The Morgan fingerprint density at radius 2 is 1.79 bits per heavy atom. The lowest BCUT2D eigenvalue weighted by Crippen LogP contribution is -2.21. The predicted octanol–water partition coefficient (Wildman–Crippen LogP) is 2.86. The molecule has 0 atom stereocenters. The van der Waals surface area contributed by atoms with Crippen LogP contribution in [0.3, 0.4) is 0 Å². The van der Waals surface area contributed by atoms with Gasteiger partial charge in [0.25, 0.3) is 11.6 Å². The van der Waals surface area contributed by atoms with Crippen LogP contribution in [0.1, 0.15) is 12.0 Å². The van der Waals surface area contributed by atoms with Crippen LogP contribution in [-0.2, 0) is 14.3 Å². The number of nitro groups is 1. The Balaban J connectivity index is 1.72. The van der Waals surface area contributed by atoms with Crippen molar-refractivity contribution in [1.82, 2.24) is 0 Å². The first-order chi connectivity index (χ1) is 13.4. The fourth-order valence-corrected chi connectivity index (χ4v) is 2.22. The lowest BCUT2D eigenvalue weighted by atomic mass is 10.2. The fourth-order valence-electron chi connectivity index (χ4n) is 2.22. The second kappa shape index (κ2) is 9.91. The minimum absolute atomic E-state index is 0.0324. The number of anilines is 1. The minimum atomic E-state index is -0.599. The molecular weight excluding hydrogens is 368 g/mol. The summed E-state index contributed by atoms with van der Waals surface area (Å²) < 4.78 is 15.3. The molecular formula is C19H20N2O7. The van der Waals surface area contributed by atoms with Crippen molar-refractivity contribution in [2.24, 2.45) is 0 Å². The highest BCUT2D eigenvalue weighted by molar-refractivity contribution is 5.93. The van der Waals surface area contributed by atoms with Crippen molar-refractivity contribution < 1.29 is 28.7 Å². The highest BCUT2D eigenvalue weighted by Gasteiger charge is 2.13. The zero-order chi connectivity index (χ0) is 20.5. The van der Waals surface area contributed by atoms with Gasteiger partial charge in [0.05, 0.1) is 25.1 Å². The highest BCUT2D eigenvalue weighted by atomic mass is 16.6. The Hall–Kier alpha value is -3.62. The van der Waals surface area contributed by atoms with Crippen LogP contribution < -0.4 is 14.8 Å². The molecule has 0 heterocycles. The van der Waals surface area contributed by atoms with E-state index in [2.05, 4.69) is 5.32 Å². The number of hydrogen-bond acceptors (Lipinski definition) is 7. The van der Waals surface area contributed by atoms with Crippen LogP contribution >= 0.6 is 0 Å². The Morgan fingerprint density at radius 1 is 1.11 bits per heavy atom. The third-order valence-electron chi connectivity index (χ3n) is 3.69. The van der Waals surface area contributed by atoms with Gasteiger partial charge in [0.1, 0.15) is 11.5 Å². The van der Waals surface area contributed by atoms with Crippen molar-refractivity contribution in [3.05, 3.63) is 58.1 Å². The van der Waals surface area contributed by atoms with E-state index in [9.17, 15) is 19.7 Å². The average molecular weight is 388 g/mol. The SMILES string of the molecule is COc1ccc(OCCC(=O)OCC(=O)Nc2ccc(C)c([N+](=O)[O-])c2)cc1. The van der Waals surface area contributed by atoms with E-state index in [1.807, 2.05) is 0 Å². The zero-order valence-corrected chi connectivity index (χ0v) is 15.5. The van der Waals surface area contributed by atoms with Gasteiger partial charge in [-0.3, -0.25) is 19.7 Å². The maximum absolute atomic E-state index is 11.8. The van der Waals surface area contributed by atoms with Gasteiger partial charge in [0.2, 0.25) is 0 Å². The number of rotatable bonds is 9. The summed E-state index contributed by atoms with van der Waals surface area (Å²) in [6.07, 6.45) is -0.0324. The molecule has 0 aromatic heterocycles. The van der Waals surface area contributed by atoms with Gasteiger partial charge < -0.3 is 19.5 Å². The summed E-state index contributed by atoms with van der Waals surface area (Å²) in [6.45, 7) is 1.19. The van der Waals surface area contributed by atoms with Crippen LogP contribution in [-0.4, -0.2) is 37.1 Å². The topological polar surface area (TPSA) is 117 Å². The third-order valence-corrected chi connectivity index (χ3v) is 3.69. The van der Waals surface area contributed by atoms with Crippen LogP contribution in [0.25, 0.3) is 0 Å². The molecule has 1 N–H and O–H groups in total. The third kappa shape index (κ3) is 6.27. The zero-order valence-electron chi connectivity index (χ0n) is 15.5. The molecule has 148 valence electrons. The number of benzene rings is 2. The number of nitrogens with zero attached hydrogens (tertiary/aromatic N) is 1. The normalized spacial score (nSPS) is 10.1. The number of carbonyl (C=O) groups is 2. The summed E-state index contributed by atoms with van der Waals surface area (Å²) in [7, 11) is 1.56. The van der Waals surface area contributed by atoms with Crippen molar-refractivity contribution in [2.45, 2.75) is 13.3 Å². The van der Waals surface area contributed by atoms with Gasteiger partial charge in [-0.05, 0) is 37.3 Å². The molecule has 2 rings (SSSR count). The number of amides is 1. The Kier molecular flexibility index (Phi) is 7.32. The smallest absolute Gasteiger partial charge is 0.309 e. The van der Waals surface area contributed by atoms with Crippen molar-refractivity contribution in [2.75, 3.05) is 25.6 Å². The second-order valence-electron chi connectivity index (χ2n) is 5.74. The molecule has 0 spiro atoms. The van der Waals surface area contributed by atoms with Gasteiger partial charge in [-0.1, -0.05) is 6.07 Å². The Bertz CT molecular complexity index is 850. The number of esters is 1. The van der Waals surface area contributed by atoms with E-state index in [4.69, 9.17) is 14.2 Å². The molecule has 2 aromatic rings. The fraction of sp³-hybridized carbons (Fsp3) is 0.263. The lowest BCUT2D eigenvalue weighted by Gasteiger charge is -2.08. The van der Waals surface area contributed by atoms with Crippen LogP contribution in [0.2, 0.25) is 0 Å². The van der Waals surface area contributed by atoms with E-state index in [1.165, 1.54) is 18.2 Å². The quantitative estimate of drug-likeness (QED) is 0.399. The molecule has 0 saturated heterocycles. The summed E-state index contributed by atoms with van der Waals surface area (Å²) in [5, 5.41) is 13.4. The molecule has 0 bridgehead atoms. The molecule has 0 saturated carbocycles. The average Bonchev–Trinajstić information content (AvgIpc) is 2.68. The molecule has 2 aromatic carbocycles. The Labute approximate surface area is 161 Å². The van der Waals surface area contributed by atoms with Gasteiger partial charge >= 0.3 is 5.97 Å². The van der Waals surface area contributed by atoms with Crippen LogP contribution in [0, 0.1) is 17.0 Å². The molecule has 9 nitrogen and oxygen atoms in total. The number of carbonyl (C=O) groups excluding carboxylic acids is 2. The first-order valence-electron chi connectivity index (χ1n) is 8.36. The molecule has 1 amide bonds. The number of aryl methyl sites for hydroxylation is 1. The lowest BCUT2D eigenvalue weighted by molar-refractivity contribution is -0.385. The van der Waals surface area contributed by atoms with Crippen LogP contribution in [0.4, 0.5) is 11.4 Å². The summed E-state index contributed by atoms with van der Waals surface area (Å²) in [6, 6.07) is 11.2. The molecule has 0 aliphatic carbocycles. The van der Waals surface area contributed by atoms with Gasteiger partial charge in [-0.25, -0.2) is 0 Å². The van der Waals surface area contributed by atoms with E-state index < -0.39 is 23.4 Å². The molecule has 0 aliphatic rings. The van der Waals surface area contributed by atoms with E-state index in [1.54, 1.807) is 38.3 Å².